The molecule has 0 radical (unpaired) electrons. The number of hydrogen-bond donors (Lipinski definition) is 0. The second-order valence-electron chi connectivity index (χ2n) is 1.80. The summed E-state index contributed by atoms with van der Waals surface area (Å²) in [5.74, 6) is 0. The number of benzene rings is 1. The number of aryl methyl sites for hydroxylation is 1. The van der Waals surface area contributed by atoms with E-state index in [0.29, 0.717) is 0 Å². The maximum atomic E-state index is 5.61. The zero-order chi connectivity index (χ0) is 5.98. The fraction of sp³-hybridized carbons (Fsp3) is 0.143. The molecular weight excluding hydrogens is 279 g/mol. The first-order chi connectivity index (χ1) is 3.79. The van der Waals surface area contributed by atoms with E-state index < -0.39 is 0 Å². The van der Waals surface area contributed by atoms with Crippen LogP contribution in [0.1, 0.15) is 5.56 Å². The van der Waals surface area contributed by atoms with Crippen molar-refractivity contribution < 1.29 is 0 Å². The van der Waals surface area contributed by atoms with E-state index in [-0.39, 0.29) is 34.0 Å². The Morgan fingerprint density at radius 1 is 1.00 bits per heavy atom. The van der Waals surface area contributed by atoms with E-state index in [9.17, 15) is 0 Å². The summed E-state index contributed by atoms with van der Waals surface area (Å²) in [6.45, 7) is 2.04. The molecule has 1 aromatic carbocycles. The van der Waals surface area contributed by atoms with Crippen molar-refractivity contribution >= 4 is 45.6 Å². The molecule has 0 unspecified atom stereocenters. The van der Waals surface area contributed by atoms with E-state index in [1.54, 1.807) is 0 Å². The van der Waals surface area contributed by atoms with Crippen LogP contribution in [0, 0.1) is 6.92 Å². The first-order valence-electron chi connectivity index (χ1n) is 2.51. The van der Waals surface area contributed by atoms with Crippen LogP contribution in [-0.2, 0) is 0 Å². The largest absolute Gasteiger partial charge is 0.114 e. The Bertz CT molecular complexity index is 150. The molecule has 0 bridgehead atoms. The van der Waals surface area contributed by atoms with Crippen LogP contribution < -0.4 is 0 Å². The van der Waals surface area contributed by atoms with E-state index in [1.807, 2.05) is 31.2 Å². The molecule has 10 heavy (non-hydrogen) atoms. The van der Waals surface area contributed by atoms with Crippen LogP contribution in [0.4, 0.5) is 0 Å². The minimum Gasteiger partial charge on any atom is -0.114 e. The normalized spacial score (nSPS) is 7.40. The van der Waals surface area contributed by atoms with Gasteiger partial charge in [0, 0.05) is 5.02 Å². The molecule has 0 aliphatic rings. The maximum absolute atomic E-state index is 5.61. The topological polar surface area (TPSA) is 0 Å². The quantitative estimate of drug-likeness (QED) is 0.681. The first kappa shape index (κ1) is 13.1. The summed E-state index contributed by atoms with van der Waals surface area (Å²) in [5, 5.41) is 0.801. The summed E-state index contributed by atoms with van der Waals surface area (Å²) in [6.07, 6.45) is 0. The maximum Gasteiger partial charge on any atom is 0.0406 e. The van der Waals surface area contributed by atoms with Gasteiger partial charge in [0.15, 0.2) is 0 Å². The van der Waals surface area contributed by atoms with Gasteiger partial charge in [-0.15, -0.1) is 34.0 Å². The van der Waals surface area contributed by atoms with E-state index in [0.717, 1.165) is 5.02 Å². The molecule has 58 valence electrons. The third kappa shape index (κ3) is 4.31. The highest BCUT2D eigenvalue weighted by Gasteiger charge is 1.81. The van der Waals surface area contributed by atoms with Crippen LogP contribution in [-0.4, -0.2) is 0 Å². The Hall–Kier alpha value is 0.470. The molecule has 1 rings (SSSR count). The van der Waals surface area contributed by atoms with Gasteiger partial charge in [-0.25, -0.2) is 0 Å². The minimum absolute atomic E-state index is 0. The molecule has 0 saturated heterocycles. The molecule has 3 heteroatoms. The summed E-state index contributed by atoms with van der Waals surface area (Å²) in [5.41, 5.74) is 1.24. The van der Waals surface area contributed by atoms with Crippen LogP contribution in [0.15, 0.2) is 24.3 Å². The van der Waals surface area contributed by atoms with Crippen molar-refractivity contribution in [2.75, 3.05) is 0 Å². The van der Waals surface area contributed by atoms with Gasteiger partial charge in [0.05, 0.1) is 0 Å². The second-order valence-corrected chi connectivity index (χ2v) is 2.23. The Balaban J connectivity index is 0. The smallest absolute Gasteiger partial charge is 0.0406 e. The van der Waals surface area contributed by atoms with Crippen LogP contribution in [0.2, 0.25) is 5.02 Å². The highest BCUT2D eigenvalue weighted by molar-refractivity contribution is 8.93. The lowest BCUT2D eigenvalue weighted by Gasteiger charge is -1.88. The van der Waals surface area contributed by atoms with Crippen molar-refractivity contribution in [3.8, 4) is 0 Å². The van der Waals surface area contributed by atoms with Gasteiger partial charge in [-0.1, -0.05) is 29.3 Å². The molecule has 0 heterocycles. The second kappa shape index (κ2) is 6.20. The SMILES string of the molecule is Br.Br.Cc1ccc(Cl)cc1. The van der Waals surface area contributed by atoms with E-state index in [4.69, 9.17) is 11.6 Å². The molecule has 0 fully saturated rings. The van der Waals surface area contributed by atoms with Crippen molar-refractivity contribution in [2.24, 2.45) is 0 Å². The molecule has 0 aliphatic heterocycles. The number of halogens is 3. The lowest BCUT2D eigenvalue weighted by Crippen LogP contribution is -1.66. The van der Waals surface area contributed by atoms with Gasteiger partial charge in [0.1, 0.15) is 0 Å². The van der Waals surface area contributed by atoms with E-state index in [1.165, 1.54) is 5.56 Å². The molecule has 1 aromatic rings. The summed E-state index contributed by atoms with van der Waals surface area (Å²) in [7, 11) is 0. The molecule has 0 nitrogen and oxygen atoms in total. The monoisotopic (exact) mass is 286 g/mol. The van der Waals surface area contributed by atoms with E-state index >= 15 is 0 Å². The molecule has 0 spiro atoms. The van der Waals surface area contributed by atoms with Gasteiger partial charge in [0.25, 0.3) is 0 Å². The zero-order valence-electron chi connectivity index (χ0n) is 5.50. The Morgan fingerprint density at radius 2 is 1.40 bits per heavy atom. The van der Waals surface area contributed by atoms with Gasteiger partial charge in [0.2, 0.25) is 0 Å². The predicted molar refractivity (Wildman–Crippen MR) is 56.8 cm³/mol. The average molecular weight is 288 g/mol. The van der Waals surface area contributed by atoms with Gasteiger partial charge in [-0.2, -0.15) is 0 Å². The van der Waals surface area contributed by atoms with Crippen molar-refractivity contribution in [3.63, 3.8) is 0 Å². The Labute approximate surface area is 87.1 Å². The Kier molecular flexibility index (Phi) is 8.11. The minimum atomic E-state index is 0. The highest BCUT2D eigenvalue weighted by atomic mass is 79.9. The first-order valence-corrected chi connectivity index (χ1v) is 2.89. The van der Waals surface area contributed by atoms with Gasteiger partial charge in [-0.05, 0) is 19.1 Å². The summed E-state index contributed by atoms with van der Waals surface area (Å²) < 4.78 is 0. The third-order valence-corrected chi connectivity index (χ3v) is 1.26. The molecular formula is C7H9Br2Cl. The lowest BCUT2D eigenvalue weighted by molar-refractivity contribution is 1.48. The third-order valence-electron chi connectivity index (χ3n) is 1.01. The summed E-state index contributed by atoms with van der Waals surface area (Å²) in [6, 6.07) is 7.75. The summed E-state index contributed by atoms with van der Waals surface area (Å²) >= 11 is 5.61. The van der Waals surface area contributed by atoms with Gasteiger partial charge in [-0.3, -0.25) is 0 Å². The number of rotatable bonds is 0. The van der Waals surface area contributed by atoms with Crippen molar-refractivity contribution in [2.45, 2.75) is 6.92 Å². The molecule has 0 aromatic heterocycles. The van der Waals surface area contributed by atoms with Crippen LogP contribution in [0.25, 0.3) is 0 Å². The fourth-order valence-corrected chi connectivity index (χ4v) is 0.659. The molecule has 0 aliphatic carbocycles. The zero-order valence-corrected chi connectivity index (χ0v) is 9.69. The molecule has 0 atom stereocenters. The average Bonchev–Trinajstić information content (AvgIpc) is 1.77. The fourth-order valence-electron chi connectivity index (χ4n) is 0.533. The summed E-state index contributed by atoms with van der Waals surface area (Å²) in [4.78, 5) is 0. The van der Waals surface area contributed by atoms with Crippen LogP contribution in [0.5, 0.6) is 0 Å². The molecule has 0 amide bonds. The molecule has 0 saturated carbocycles. The van der Waals surface area contributed by atoms with Crippen LogP contribution >= 0.6 is 45.6 Å². The lowest BCUT2D eigenvalue weighted by atomic mass is 10.2. The standard InChI is InChI=1S/C7H7Cl.2BrH/c1-6-2-4-7(8)5-3-6;;/h2-5H,1H3;2*1H. The van der Waals surface area contributed by atoms with Crippen molar-refractivity contribution in [1.29, 1.82) is 0 Å². The van der Waals surface area contributed by atoms with Crippen molar-refractivity contribution in [1.82, 2.24) is 0 Å². The van der Waals surface area contributed by atoms with Gasteiger partial charge >= 0.3 is 0 Å². The molecule has 0 N–H and O–H groups in total. The van der Waals surface area contributed by atoms with Gasteiger partial charge < -0.3 is 0 Å². The van der Waals surface area contributed by atoms with E-state index in [2.05, 4.69) is 0 Å². The van der Waals surface area contributed by atoms with Crippen molar-refractivity contribution in [3.05, 3.63) is 34.9 Å². The highest BCUT2D eigenvalue weighted by Crippen LogP contribution is 2.07. The predicted octanol–water partition coefficient (Wildman–Crippen LogP) is 3.80. The Morgan fingerprint density at radius 3 is 1.70 bits per heavy atom. The number of hydrogen-bond acceptors (Lipinski definition) is 0. The van der Waals surface area contributed by atoms with Crippen LogP contribution in [0.3, 0.4) is 0 Å².